The Morgan fingerprint density at radius 3 is 2.83 bits per heavy atom. The first kappa shape index (κ1) is 13.2. The fraction of sp³-hybridized carbons (Fsp3) is 0.462. The fourth-order valence-electron chi connectivity index (χ4n) is 2.10. The lowest BCUT2D eigenvalue weighted by Crippen LogP contribution is -2.40. The van der Waals surface area contributed by atoms with Gasteiger partial charge in [0.15, 0.2) is 0 Å². The van der Waals surface area contributed by atoms with Crippen molar-refractivity contribution in [2.45, 2.75) is 31.9 Å². The number of primary amides is 1. The van der Waals surface area contributed by atoms with Gasteiger partial charge in [-0.25, -0.2) is 0 Å². The van der Waals surface area contributed by atoms with Gasteiger partial charge in [-0.15, -0.1) is 0 Å². The lowest BCUT2D eigenvalue weighted by Gasteiger charge is -2.36. The molecule has 98 valence electrons. The molecule has 1 aromatic rings. The first-order valence-electron chi connectivity index (χ1n) is 6.07. The van der Waals surface area contributed by atoms with Crippen LogP contribution in [0.15, 0.2) is 18.2 Å². The van der Waals surface area contributed by atoms with Crippen LogP contribution in [0.2, 0.25) is 5.02 Å². The van der Waals surface area contributed by atoms with Crippen LogP contribution in [0.5, 0.6) is 0 Å². The molecule has 4 nitrogen and oxygen atoms in total. The number of anilines is 1. The van der Waals surface area contributed by atoms with Gasteiger partial charge in [-0.05, 0) is 38.0 Å². The molecule has 0 spiro atoms. The fourth-order valence-corrected chi connectivity index (χ4v) is 2.37. The average molecular weight is 269 g/mol. The molecule has 2 rings (SSSR count). The van der Waals surface area contributed by atoms with Crippen LogP contribution in [-0.2, 0) is 4.74 Å². The van der Waals surface area contributed by atoms with E-state index in [1.165, 1.54) is 0 Å². The van der Waals surface area contributed by atoms with E-state index in [2.05, 4.69) is 5.32 Å². The van der Waals surface area contributed by atoms with E-state index in [0.717, 1.165) is 25.1 Å². The van der Waals surface area contributed by atoms with Crippen molar-refractivity contribution in [2.75, 3.05) is 11.9 Å². The maximum atomic E-state index is 11.0. The van der Waals surface area contributed by atoms with Gasteiger partial charge in [0, 0.05) is 18.3 Å². The zero-order valence-corrected chi connectivity index (χ0v) is 11.0. The minimum atomic E-state index is -0.508. The van der Waals surface area contributed by atoms with E-state index in [1.807, 2.05) is 13.0 Å². The van der Waals surface area contributed by atoms with E-state index in [4.69, 9.17) is 22.1 Å². The number of nitrogens with one attached hydrogen (secondary N) is 1. The molecule has 0 atom stereocenters. The van der Waals surface area contributed by atoms with Crippen LogP contribution in [0.4, 0.5) is 5.69 Å². The SMILES string of the molecule is CCOC1CC(Nc2ccc(C(N)=O)c(Cl)c2)C1. The molecule has 18 heavy (non-hydrogen) atoms. The summed E-state index contributed by atoms with van der Waals surface area (Å²) >= 11 is 5.98. The number of ether oxygens (including phenoxy) is 1. The largest absolute Gasteiger partial charge is 0.382 e. The quantitative estimate of drug-likeness (QED) is 0.862. The third-order valence-corrected chi connectivity index (χ3v) is 3.42. The Morgan fingerprint density at radius 2 is 2.28 bits per heavy atom. The van der Waals surface area contributed by atoms with Crippen molar-refractivity contribution in [2.24, 2.45) is 5.73 Å². The monoisotopic (exact) mass is 268 g/mol. The van der Waals surface area contributed by atoms with Gasteiger partial charge in [0.2, 0.25) is 5.91 Å². The molecule has 0 aliphatic heterocycles. The zero-order chi connectivity index (χ0) is 13.1. The molecule has 0 aromatic heterocycles. The normalized spacial score (nSPS) is 22.3. The van der Waals surface area contributed by atoms with Crippen molar-refractivity contribution >= 4 is 23.2 Å². The van der Waals surface area contributed by atoms with Crippen LogP contribution in [0.25, 0.3) is 0 Å². The highest BCUT2D eigenvalue weighted by Gasteiger charge is 2.29. The van der Waals surface area contributed by atoms with Gasteiger partial charge in [-0.2, -0.15) is 0 Å². The van der Waals surface area contributed by atoms with Crippen LogP contribution in [0.3, 0.4) is 0 Å². The lowest BCUT2D eigenvalue weighted by atomic mass is 9.89. The number of amides is 1. The summed E-state index contributed by atoms with van der Waals surface area (Å²) in [5, 5.41) is 3.74. The van der Waals surface area contributed by atoms with Gasteiger partial charge in [-0.1, -0.05) is 11.6 Å². The molecule has 0 saturated heterocycles. The molecular formula is C13H17ClN2O2. The topological polar surface area (TPSA) is 64.3 Å². The predicted molar refractivity (Wildman–Crippen MR) is 72.0 cm³/mol. The summed E-state index contributed by atoms with van der Waals surface area (Å²) in [5.74, 6) is -0.508. The van der Waals surface area contributed by atoms with Crippen molar-refractivity contribution < 1.29 is 9.53 Å². The lowest BCUT2D eigenvalue weighted by molar-refractivity contribution is 0.00299. The molecule has 0 heterocycles. The Labute approximate surface area is 111 Å². The smallest absolute Gasteiger partial charge is 0.250 e. The van der Waals surface area contributed by atoms with Crippen LogP contribution >= 0.6 is 11.6 Å². The molecule has 5 heteroatoms. The molecule has 0 radical (unpaired) electrons. The van der Waals surface area contributed by atoms with Crippen molar-refractivity contribution in [3.63, 3.8) is 0 Å². The van der Waals surface area contributed by atoms with E-state index < -0.39 is 5.91 Å². The summed E-state index contributed by atoms with van der Waals surface area (Å²) in [6, 6.07) is 5.61. The number of halogens is 1. The first-order chi connectivity index (χ1) is 8.60. The number of carbonyl (C=O) groups excluding carboxylic acids is 1. The number of benzene rings is 1. The highest BCUT2D eigenvalue weighted by atomic mass is 35.5. The minimum absolute atomic E-state index is 0.350. The Morgan fingerprint density at radius 1 is 1.56 bits per heavy atom. The summed E-state index contributed by atoms with van der Waals surface area (Å²) < 4.78 is 5.49. The summed E-state index contributed by atoms with van der Waals surface area (Å²) in [7, 11) is 0. The molecule has 1 aliphatic carbocycles. The average Bonchev–Trinajstić information content (AvgIpc) is 2.26. The molecule has 1 aromatic carbocycles. The Hall–Kier alpha value is -1.26. The Bertz CT molecular complexity index is 445. The second-order valence-corrected chi connectivity index (χ2v) is 4.86. The second kappa shape index (κ2) is 5.59. The van der Waals surface area contributed by atoms with Crippen molar-refractivity contribution in [3.8, 4) is 0 Å². The molecule has 0 bridgehead atoms. The third-order valence-electron chi connectivity index (χ3n) is 3.10. The second-order valence-electron chi connectivity index (χ2n) is 4.45. The molecule has 1 aliphatic rings. The number of carbonyl (C=O) groups is 1. The highest BCUT2D eigenvalue weighted by Crippen LogP contribution is 2.28. The van der Waals surface area contributed by atoms with Crippen LogP contribution in [-0.4, -0.2) is 24.7 Å². The summed E-state index contributed by atoms with van der Waals surface area (Å²) in [5.41, 5.74) is 6.45. The molecule has 3 N–H and O–H groups in total. The molecular weight excluding hydrogens is 252 g/mol. The highest BCUT2D eigenvalue weighted by molar-refractivity contribution is 6.34. The van der Waals surface area contributed by atoms with Gasteiger partial charge in [0.25, 0.3) is 0 Å². The van der Waals surface area contributed by atoms with E-state index in [-0.39, 0.29) is 0 Å². The standard InChI is InChI=1S/C13H17ClN2O2/c1-2-18-10-5-9(6-10)16-8-3-4-11(13(15)17)12(14)7-8/h3-4,7,9-10,16H,2,5-6H2,1H3,(H2,15,17). The van der Waals surface area contributed by atoms with E-state index >= 15 is 0 Å². The Kier molecular flexibility index (Phi) is 4.09. The maximum Gasteiger partial charge on any atom is 0.250 e. The molecule has 1 amide bonds. The molecule has 1 saturated carbocycles. The van der Waals surface area contributed by atoms with Crippen LogP contribution in [0, 0.1) is 0 Å². The minimum Gasteiger partial charge on any atom is -0.382 e. The van der Waals surface area contributed by atoms with Gasteiger partial charge < -0.3 is 15.8 Å². The van der Waals surface area contributed by atoms with Crippen molar-refractivity contribution in [1.82, 2.24) is 0 Å². The number of hydrogen-bond acceptors (Lipinski definition) is 3. The van der Waals surface area contributed by atoms with Gasteiger partial charge in [0.05, 0.1) is 16.7 Å². The number of nitrogens with two attached hydrogens (primary N) is 1. The van der Waals surface area contributed by atoms with Gasteiger partial charge >= 0.3 is 0 Å². The van der Waals surface area contributed by atoms with Gasteiger partial charge in [0.1, 0.15) is 0 Å². The molecule has 1 fully saturated rings. The number of hydrogen-bond donors (Lipinski definition) is 2. The summed E-state index contributed by atoms with van der Waals surface area (Å²) in [6.07, 6.45) is 2.37. The zero-order valence-electron chi connectivity index (χ0n) is 10.3. The number of rotatable bonds is 5. The van der Waals surface area contributed by atoms with E-state index in [9.17, 15) is 4.79 Å². The van der Waals surface area contributed by atoms with E-state index in [0.29, 0.717) is 22.7 Å². The van der Waals surface area contributed by atoms with E-state index in [1.54, 1.807) is 12.1 Å². The summed E-state index contributed by atoms with van der Waals surface area (Å²) in [4.78, 5) is 11.0. The predicted octanol–water partition coefficient (Wildman–Crippen LogP) is 2.42. The first-order valence-corrected chi connectivity index (χ1v) is 6.45. The van der Waals surface area contributed by atoms with Crippen LogP contribution < -0.4 is 11.1 Å². The Balaban J connectivity index is 1.92. The van der Waals surface area contributed by atoms with Crippen LogP contribution in [0.1, 0.15) is 30.1 Å². The maximum absolute atomic E-state index is 11.0. The third kappa shape index (κ3) is 2.94. The van der Waals surface area contributed by atoms with Gasteiger partial charge in [-0.3, -0.25) is 4.79 Å². The van der Waals surface area contributed by atoms with Crippen molar-refractivity contribution in [1.29, 1.82) is 0 Å². The van der Waals surface area contributed by atoms with Crippen molar-refractivity contribution in [3.05, 3.63) is 28.8 Å². The summed E-state index contributed by atoms with van der Waals surface area (Å²) in [6.45, 7) is 2.76. The molecule has 0 unspecified atom stereocenters.